The van der Waals surface area contributed by atoms with Crippen LogP contribution in [0, 0.1) is 0 Å². The van der Waals surface area contributed by atoms with Gasteiger partial charge in [0.1, 0.15) is 11.4 Å². The molecule has 1 aromatic carbocycles. The Hall–Kier alpha value is -3.23. The number of aliphatic imine (C=N–C) groups is 1. The van der Waals surface area contributed by atoms with Crippen LogP contribution in [0.1, 0.15) is 11.3 Å². The summed E-state index contributed by atoms with van der Waals surface area (Å²) in [5, 5.41) is 6.12. The molecule has 3 rings (SSSR count). The van der Waals surface area contributed by atoms with Crippen LogP contribution in [0.5, 0.6) is 5.75 Å². The molecule has 0 saturated carbocycles. The van der Waals surface area contributed by atoms with Gasteiger partial charge in [0, 0.05) is 44.5 Å². The maximum Gasteiger partial charge on any atom is 0.573 e. The summed E-state index contributed by atoms with van der Waals surface area (Å²) in [7, 11) is 1.60. The predicted molar refractivity (Wildman–Crippen MR) is 100 cm³/mol. The number of guanidine groups is 1. The summed E-state index contributed by atoms with van der Waals surface area (Å²) >= 11 is 0. The number of halogens is 3. The monoisotopic (exact) mass is 391 g/mol. The minimum Gasteiger partial charge on any atom is -0.405 e. The molecule has 2 N–H and O–H groups in total. The fourth-order valence-electron chi connectivity index (χ4n) is 2.69. The Morgan fingerprint density at radius 1 is 1.14 bits per heavy atom. The minimum absolute atomic E-state index is 0.139. The number of ether oxygens (including phenoxy) is 1. The molecule has 0 fully saturated rings. The van der Waals surface area contributed by atoms with Gasteiger partial charge in [0.15, 0.2) is 5.96 Å². The highest BCUT2D eigenvalue weighted by Gasteiger charge is 2.31. The number of pyridine rings is 1. The van der Waals surface area contributed by atoms with Crippen molar-refractivity contribution in [3.05, 3.63) is 66.1 Å². The number of alkyl halides is 3. The highest BCUT2D eigenvalue weighted by atomic mass is 19.4. The van der Waals surface area contributed by atoms with Gasteiger partial charge in [-0.1, -0.05) is 24.3 Å². The topological polar surface area (TPSA) is 63.0 Å². The molecule has 0 radical (unpaired) electrons. The molecule has 2 aromatic heterocycles. The summed E-state index contributed by atoms with van der Waals surface area (Å²) in [5.74, 6) is 0.244. The number of benzene rings is 1. The first kappa shape index (κ1) is 19.5. The Balaban J connectivity index is 1.52. The van der Waals surface area contributed by atoms with Crippen LogP contribution < -0.4 is 15.4 Å². The molecular formula is C19H20F3N5O. The van der Waals surface area contributed by atoms with Gasteiger partial charge in [0.05, 0.1) is 5.69 Å². The third kappa shape index (κ3) is 5.38. The van der Waals surface area contributed by atoms with Crippen molar-refractivity contribution in [3.8, 4) is 5.75 Å². The summed E-state index contributed by atoms with van der Waals surface area (Å²) < 4.78 is 43.5. The number of rotatable bonds is 6. The standard InChI is InChI=1S/C19H20F3N5O/c1-23-18(24-10-9-15-13-27-11-5-4-8-17(27)26-15)25-12-14-6-2-3-7-16(14)28-19(20,21)22/h2-8,11,13H,9-10,12H2,1H3,(H2,23,24,25). The van der Waals surface area contributed by atoms with Crippen LogP contribution in [-0.4, -0.2) is 35.3 Å². The lowest BCUT2D eigenvalue weighted by molar-refractivity contribution is -0.274. The Morgan fingerprint density at radius 2 is 1.93 bits per heavy atom. The molecule has 28 heavy (non-hydrogen) atoms. The van der Waals surface area contributed by atoms with E-state index < -0.39 is 6.36 Å². The van der Waals surface area contributed by atoms with Crippen molar-refractivity contribution < 1.29 is 17.9 Å². The Kier molecular flexibility index (Phi) is 6.03. The Bertz CT molecular complexity index is 919. The van der Waals surface area contributed by atoms with Crippen LogP contribution in [0.2, 0.25) is 0 Å². The SMILES string of the molecule is CN=C(NCCc1cn2ccccc2n1)NCc1ccccc1OC(F)(F)F. The van der Waals surface area contributed by atoms with Crippen molar-refractivity contribution in [1.29, 1.82) is 0 Å². The van der Waals surface area contributed by atoms with Crippen molar-refractivity contribution in [2.24, 2.45) is 4.99 Å². The zero-order chi connectivity index (χ0) is 20.0. The zero-order valence-corrected chi connectivity index (χ0v) is 15.2. The molecule has 148 valence electrons. The van der Waals surface area contributed by atoms with Gasteiger partial charge in [0.2, 0.25) is 0 Å². The predicted octanol–water partition coefficient (Wildman–Crippen LogP) is 3.14. The summed E-state index contributed by atoms with van der Waals surface area (Å²) in [4.78, 5) is 8.60. The number of fused-ring (bicyclic) bond motifs is 1. The fourth-order valence-corrected chi connectivity index (χ4v) is 2.69. The van der Waals surface area contributed by atoms with Crippen molar-refractivity contribution in [3.63, 3.8) is 0 Å². The molecule has 6 nitrogen and oxygen atoms in total. The van der Waals surface area contributed by atoms with E-state index in [2.05, 4.69) is 25.3 Å². The highest BCUT2D eigenvalue weighted by Crippen LogP contribution is 2.26. The summed E-state index contributed by atoms with van der Waals surface area (Å²) in [6.45, 7) is 0.713. The first-order valence-corrected chi connectivity index (χ1v) is 8.65. The molecule has 0 spiro atoms. The molecule has 0 aliphatic heterocycles. The maximum atomic E-state index is 12.5. The van der Waals surface area contributed by atoms with Gasteiger partial charge in [-0.15, -0.1) is 13.2 Å². The van der Waals surface area contributed by atoms with Gasteiger partial charge >= 0.3 is 6.36 Å². The molecule has 0 bridgehead atoms. The first-order chi connectivity index (χ1) is 13.4. The summed E-state index contributed by atoms with van der Waals surface area (Å²) in [6.07, 6.45) is -0.168. The molecule has 9 heteroatoms. The first-order valence-electron chi connectivity index (χ1n) is 8.65. The van der Waals surface area contributed by atoms with E-state index in [1.165, 1.54) is 12.1 Å². The van der Waals surface area contributed by atoms with E-state index >= 15 is 0 Å². The third-order valence-electron chi connectivity index (χ3n) is 3.96. The van der Waals surface area contributed by atoms with Crippen LogP contribution >= 0.6 is 0 Å². The largest absolute Gasteiger partial charge is 0.573 e. The number of para-hydroxylation sites is 1. The molecule has 2 heterocycles. The van der Waals surface area contributed by atoms with Gasteiger partial charge in [-0.2, -0.15) is 0 Å². The number of nitrogens with zero attached hydrogens (tertiary/aromatic N) is 3. The average molecular weight is 391 g/mol. The van der Waals surface area contributed by atoms with Crippen LogP contribution in [0.15, 0.2) is 59.9 Å². The summed E-state index contributed by atoms with van der Waals surface area (Å²) in [5.41, 5.74) is 2.18. The lowest BCUT2D eigenvalue weighted by Gasteiger charge is -2.15. The van der Waals surface area contributed by atoms with Gasteiger partial charge in [0.25, 0.3) is 0 Å². The van der Waals surface area contributed by atoms with Crippen molar-refractivity contribution >= 4 is 11.6 Å². The van der Waals surface area contributed by atoms with E-state index in [0.717, 1.165) is 11.3 Å². The highest BCUT2D eigenvalue weighted by molar-refractivity contribution is 5.79. The number of nitrogens with one attached hydrogen (secondary N) is 2. The normalized spacial score (nSPS) is 12.2. The lowest BCUT2D eigenvalue weighted by atomic mass is 10.2. The van der Waals surface area contributed by atoms with E-state index in [4.69, 9.17) is 0 Å². The average Bonchev–Trinajstić information content (AvgIpc) is 3.07. The number of hydrogen-bond acceptors (Lipinski definition) is 3. The van der Waals surface area contributed by atoms with Gasteiger partial charge in [-0.3, -0.25) is 4.99 Å². The fraction of sp³-hybridized carbons (Fsp3) is 0.263. The summed E-state index contributed by atoms with van der Waals surface area (Å²) in [6, 6.07) is 11.8. The van der Waals surface area contributed by atoms with Crippen LogP contribution in [0.4, 0.5) is 13.2 Å². The van der Waals surface area contributed by atoms with Crippen molar-refractivity contribution in [1.82, 2.24) is 20.0 Å². The lowest BCUT2D eigenvalue weighted by Crippen LogP contribution is -2.38. The van der Waals surface area contributed by atoms with E-state index in [1.807, 2.05) is 35.0 Å². The minimum atomic E-state index is -4.73. The van der Waals surface area contributed by atoms with Crippen LogP contribution in [-0.2, 0) is 13.0 Å². The van der Waals surface area contributed by atoms with E-state index in [9.17, 15) is 13.2 Å². The molecule has 0 unspecified atom stereocenters. The Morgan fingerprint density at radius 3 is 2.68 bits per heavy atom. The van der Waals surface area contributed by atoms with Crippen molar-refractivity contribution in [2.75, 3.05) is 13.6 Å². The second-order valence-corrected chi connectivity index (χ2v) is 5.96. The molecule has 0 aliphatic carbocycles. The second kappa shape index (κ2) is 8.64. The van der Waals surface area contributed by atoms with Crippen molar-refractivity contribution in [2.45, 2.75) is 19.3 Å². The van der Waals surface area contributed by atoms with Gasteiger partial charge < -0.3 is 19.8 Å². The molecule has 0 saturated heterocycles. The quantitative estimate of drug-likeness (QED) is 0.501. The van der Waals surface area contributed by atoms with E-state index in [-0.39, 0.29) is 12.3 Å². The van der Waals surface area contributed by atoms with Gasteiger partial charge in [-0.25, -0.2) is 4.98 Å². The molecule has 0 atom stereocenters. The van der Waals surface area contributed by atoms with E-state index in [0.29, 0.717) is 24.5 Å². The maximum absolute atomic E-state index is 12.5. The zero-order valence-electron chi connectivity index (χ0n) is 15.2. The number of hydrogen-bond donors (Lipinski definition) is 2. The molecule has 0 aliphatic rings. The van der Waals surface area contributed by atoms with Crippen LogP contribution in [0.3, 0.4) is 0 Å². The van der Waals surface area contributed by atoms with E-state index in [1.54, 1.807) is 19.2 Å². The van der Waals surface area contributed by atoms with Crippen LogP contribution in [0.25, 0.3) is 5.65 Å². The number of imidazole rings is 1. The molecule has 3 aromatic rings. The smallest absolute Gasteiger partial charge is 0.405 e. The third-order valence-corrected chi connectivity index (χ3v) is 3.96. The second-order valence-electron chi connectivity index (χ2n) is 5.96. The van der Waals surface area contributed by atoms with Gasteiger partial charge in [-0.05, 0) is 18.2 Å². The molecular weight excluding hydrogens is 371 g/mol. The molecule has 0 amide bonds. The Labute approximate surface area is 160 Å². The number of aromatic nitrogens is 2.